The molecule has 1 rings (SSSR count). The van der Waals surface area contributed by atoms with Crippen LogP contribution in [-0.2, 0) is 4.79 Å². The van der Waals surface area contributed by atoms with Crippen LogP contribution in [0, 0.1) is 23.4 Å². The quantitative estimate of drug-likeness (QED) is 0.778. The second kappa shape index (κ2) is 4.98. The van der Waals surface area contributed by atoms with Crippen LogP contribution >= 0.6 is 0 Å². The van der Waals surface area contributed by atoms with Crippen LogP contribution in [0.4, 0.5) is 18.9 Å². The molecule has 0 saturated carbocycles. The van der Waals surface area contributed by atoms with Crippen molar-refractivity contribution in [1.29, 1.82) is 0 Å². The zero-order valence-electron chi connectivity index (χ0n) is 8.56. The maximum Gasteiger partial charge on any atom is 0.228 e. The molecule has 0 radical (unpaired) electrons. The molecular formula is C10H11F3N2O. The second-order valence-electron chi connectivity index (χ2n) is 3.38. The van der Waals surface area contributed by atoms with Crippen LogP contribution in [-0.4, -0.2) is 12.5 Å². The highest BCUT2D eigenvalue weighted by atomic mass is 19.2. The lowest BCUT2D eigenvalue weighted by atomic mass is 10.1. The van der Waals surface area contributed by atoms with Gasteiger partial charge in [-0.05, 0) is 0 Å². The third kappa shape index (κ3) is 2.73. The standard InChI is InChI=1S/C10H11F3N2O/c1-5(4-14)10(16)15-8-3-6(11)2-7(12)9(8)13/h2-3,5H,4,14H2,1H3,(H,15,16). The highest BCUT2D eigenvalue weighted by molar-refractivity contribution is 5.92. The minimum absolute atomic E-state index is 0.0608. The lowest BCUT2D eigenvalue weighted by molar-refractivity contribution is -0.119. The first-order chi connectivity index (χ1) is 7.45. The molecule has 0 saturated heterocycles. The normalized spacial score (nSPS) is 12.3. The first kappa shape index (κ1) is 12.5. The fraction of sp³-hybridized carbons (Fsp3) is 0.300. The Morgan fingerprint density at radius 1 is 1.44 bits per heavy atom. The van der Waals surface area contributed by atoms with Gasteiger partial charge in [0.05, 0.1) is 5.69 Å². The van der Waals surface area contributed by atoms with Crippen molar-refractivity contribution < 1.29 is 18.0 Å². The van der Waals surface area contributed by atoms with E-state index >= 15 is 0 Å². The highest BCUT2D eigenvalue weighted by Crippen LogP contribution is 2.19. The van der Waals surface area contributed by atoms with Gasteiger partial charge in [-0.15, -0.1) is 0 Å². The molecule has 1 aromatic rings. The average molecular weight is 232 g/mol. The molecule has 0 aromatic heterocycles. The van der Waals surface area contributed by atoms with Gasteiger partial charge >= 0.3 is 0 Å². The Kier molecular flexibility index (Phi) is 3.89. The molecule has 0 aliphatic rings. The summed E-state index contributed by atoms with van der Waals surface area (Å²) in [6, 6.07) is 1.11. The molecule has 0 aliphatic heterocycles. The van der Waals surface area contributed by atoms with Crippen LogP contribution in [0.5, 0.6) is 0 Å². The molecular weight excluding hydrogens is 221 g/mol. The van der Waals surface area contributed by atoms with Gasteiger partial charge < -0.3 is 11.1 Å². The number of nitrogens with two attached hydrogens (primary N) is 1. The number of hydrogen-bond acceptors (Lipinski definition) is 2. The Morgan fingerprint density at radius 3 is 2.62 bits per heavy atom. The van der Waals surface area contributed by atoms with Crippen LogP contribution in [0.2, 0.25) is 0 Å². The maximum atomic E-state index is 13.1. The van der Waals surface area contributed by atoms with E-state index in [0.29, 0.717) is 12.1 Å². The van der Waals surface area contributed by atoms with Crippen molar-refractivity contribution in [2.24, 2.45) is 11.7 Å². The van der Waals surface area contributed by atoms with Crippen molar-refractivity contribution in [1.82, 2.24) is 0 Å². The number of anilines is 1. The van der Waals surface area contributed by atoms with Crippen LogP contribution in [0.25, 0.3) is 0 Å². The molecule has 1 amide bonds. The van der Waals surface area contributed by atoms with E-state index < -0.39 is 35.0 Å². The summed E-state index contributed by atoms with van der Waals surface area (Å²) in [5, 5.41) is 2.07. The fourth-order valence-electron chi connectivity index (χ4n) is 1.01. The summed E-state index contributed by atoms with van der Waals surface area (Å²) >= 11 is 0. The number of halogens is 3. The second-order valence-corrected chi connectivity index (χ2v) is 3.38. The third-order valence-corrected chi connectivity index (χ3v) is 2.05. The van der Waals surface area contributed by atoms with Crippen molar-refractivity contribution in [3.8, 4) is 0 Å². The molecule has 0 spiro atoms. The minimum Gasteiger partial charge on any atom is -0.330 e. The summed E-state index contributed by atoms with van der Waals surface area (Å²) in [6.07, 6.45) is 0. The Hall–Kier alpha value is -1.56. The predicted molar refractivity (Wildman–Crippen MR) is 53.2 cm³/mol. The van der Waals surface area contributed by atoms with E-state index in [1.807, 2.05) is 0 Å². The molecule has 1 aromatic carbocycles. The van der Waals surface area contributed by atoms with Gasteiger partial charge in [0.1, 0.15) is 5.82 Å². The van der Waals surface area contributed by atoms with Gasteiger partial charge in [-0.1, -0.05) is 6.92 Å². The largest absolute Gasteiger partial charge is 0.330 e. The maximum absolute atomic E-state index is 13.1. The zero-order chi connectivity index (χ0) is 12.3. The number of nitrogens with one attached hydrogen (secondary N) is 1. The molecule has 1 atom stereocenters. The zero-order valence-corrected chi connectivity index (χ0v) is 8.56. The average Bonchev–Trinajstić information content (AvgIpc) is 2.23. The van der Waals surface area contributed by atoms with Gasteiger partial charge in [0.15, 0.2) is 11.6 Å². The number of carbonyl (C=O) groups excluding carboxylic acids is 1. The van der Waals surface area contributed by atoms with E-state index in [1.54, 1.807) is 0 Å². The van der Waals surface area contributed by atoms with Gasteiger partial charge in [-0.25, -0.2) is 13.2 Å². The summed E-state index contributed by atoms with van der Waals surface area (Å²) in [7, 11) is 0. The van der Waals surface area contributed by atoms with Crippen molar-refractivity contribution >= 4 is 11.6 Å². The SMILES string of the molecule is CC(CN)C(=O)Nc1cc(F)cc(F)c1F. The summed E-state index contributed by atoms with van der Waals surface area (Å²) in [4.78, 5) is 11.3. The molecule has 3 nitrogen and oxygen atoms in total. The minimum atomic E-state index is -1.35. The molecule has 0 aliphatic carbocycles. The molecule has 0 bridgehead atoms. The van der Waals surface area contributed by atoms with E-state index in [1.165, 1.54) is 6.92 Å². The van der Waals surface area contributed by atoms with Gasteiger partial charge in [-0.3, -0.25) is 4.79 Å². The molecule has 6 heteroatoms. The summed E-state index contributed by atoms with van der Waals surface area (Å²) in [5.74, 6) is -4.76. The van der Waals surface area contributed by atoms with E-state index in [9.17, 15) is 18.0 Å². The smallest absolute Gasteiger partial charge is 0.228 e. The predicted octanol–water partition coefficient (Wildman–Crippen LogP) is 1.64. The summed E-state index contributed by atoms with van der Waals surface area (Å²) in [6.45, 7) is 1.58. The Balaban J connectivity index is 2.93. The summed E-state index contributed by atoms with van der Waals surface area (Å²) in [5.41, 5.74) is 4.70. The fourth-order valence-corrected chi connectivity index (χ4v) is 1.01. The number of rotatable bonds is 3. The molecule has 0 heterocycles. The molecule has 16 heavy (non-hydrogen) atoms. The van der Waals surface area contributed by atoms with Crippen LogP contribution in [0.15, 0.2) is 12.1 Å². The van der Waals surface area contributed by atoms with E-state index in [2.05, 4.69) is 5.32 Å². The molecule has 1 unspecified atom stereocenters. The van der Waals surface area contributed by atoms with Crippen molar-refractivity contribution in [2.75, 3.05) is 11.9 Å². The monoisotopic (exact) mass is 232 g/mol. The Labute approximate surface area is 90.4 Å². The lowest BCUT2D eigenvalue weighted by Gasteiger charge is -2.10. The van der Waals surface area contributed by atoms with Crippen molar-refractivity contribution in [3.05, 3.63) is 29.6 Å². The van der Waals surface area contributed by atoms with Gasteiger partial charge in [-0.2, -0.15) is 0 Å². The Morgan fingerprint density at radius 2 is 2.06 bits per heavy atom. The van der Waals surface area contributed by atoms with Crippen molar-refractivity contribution in [2.45, 2.75) is 6.92 Å². The number of carbonyl (C=O) groups is 1. The number of hydrogen-bond donors (Lipinski definition) is 2. The van der Waals surface area contributed by atoms with Gasteiger partial charge in [0.25, 0.3) is 0 Å². The third-order valence-electron chi connectivity index (χ3n) is 2.05. The van der Waals surface area contributed by atoms with Crippen LogP contribution in [0.3, 0.4) is 0 Å². The Bertz CT molecular complexity index is 409. The summed E-state index contributed by atoms with van der Waals surface area (Å²) < 4.78 is 38.7. The van der Waals surface area contributed by atoms with E-state index in [0.717, 1.165) is 0 Å². The van der Waals surface area contributed by atoms with Crippen LogP contribution < -0.4 is 11.1 Å². The molecule has 88 valence electrons. The van der Waals surface area contributed by atoms with E-state index in [4.69, 9.17) is 5.73 Å². The number of amides is 1. The van der Waals surface area contributed by atoms with Gasteiger partial charge in [0, 0.05) is 24.6 Å². The van der Waals surface area contributed by atoms with Gasteiger partial charge in [0.2, 0.25) is 5.91 Å². The van der Waals surface area contributed by atoms with Crippen molar-refractivity contribution in [3.63, 3.8) is 0 Å². The lowest BCUT2D eigenvalue weighted by Crippen LogP contribution is -2.27. The molecule has 3 N–H and O–H groups in total. The first-order valence-corrected chi connectivity index (χ1v) is 4.61. The molecule has 0 fully saturated rings. The highest BCUT2D eigenvalue weighted by Gasteiger charge is 2.16. The van der Waals surface area contributed by atoms with Crippen LogP contribution in [0.1, 0.15) is 6.92 Å². The van der Waals surface area contributed by atoms with E-state index in [-0.39, 0.29) is 6.54 Å². The first-order valence-electron chi connectivity index (χ1n) is 4.61. The topological polar surface area (TPSA) is 55.1 Å². The number of benzene rings is 1.